The predicted octanol–water partition coefficient (Wildman–Crippen LogP) is 2.31. The maximum absolute atomic E-state index is 11.9. The van der Waals surface area contributed by atoms with E-state index in [0.717, 1.165) is 11.3 Å². The zero-order valence-electron chi connectivity index (χ0n) is 10.3. The smallest absolute Gasteiger partial charge is 0.251 e. The normalized spacial score (nSPS) is 10.4. The molecule has 94 valence electrons. The molecular weight excluding hydrogens is 250 g/mol. The second-order valence-electron chi connectivity index (χ2n) is 4.10. The number of aromatic nitrogens is 2. The third kappa shape index (κ3) is 2.90. The van der Waals surface area contributed by atoms with E-state index in [2.05, 4.69) is 10.4 Å². The Morgan fingerprint density at radius 3 is 2.61 bits per heavy atom. The van der Waals surface area contributed by atoms with Crippen molar-refractivity contribution in [2.24, 2.45) is 7.05 Å². The molecule has 0 spiro atoms. The van der Waals surface area contributed by atoms with Gasteiger partial charge in [-0.2, -0.15) is 5.10 Å². The van der Waals surface area contributed by atoms with Crippen molar-refractivity contribution in [2.75, 3.05) is 0 Å². The third-order valence-corrected chi connectivity index (χ3v) is 2.91. The van der Waals surface area contributed by atoms with Crippen LogP contribution in [0, 0.1) is 6.92 Å². The fraction of sp³-hybridized carbons (Fsp3) is 0.231. The van der Waals surface area contributed by atoms with Crippen LogP contribution in [0.15, 0.2) is 30.5 Å². The van der Waals surface area contributed by atoms with Gasteiger partial charge in [0.15, 0.2) is 0 Å². The van der Waals surface area contributed by atoms with Crippen LogP contribution in [0.25, 0.3) is 0 Å². The molecule has 2 rings (SSSR count). The molecule has 0 atom stereocenters. The summed E-state index contributed by atoms with van der Waals surface area (Å²) in [5, 5.41) is 7.69. The lowest BCUT2D eigenvalue weighted by molar-refractivity contribution is 0.0951. The Bertz CT molecular complexity index is 560. The third-order valence-electron chi connectivity index (χ3n) is 2.66. The first-order valence-corrected chi connectivity index (χ1v) is 5.97. The number of benzene rings is 1. The van der Waals surface area contributed by atoms with Gasteiger partial charge in [0.1, 0.15) is 0 Å². The molecule has 4 nitrogen and oxygen atoms in total. The van der Waals surface area contributed by atoms with Gasteiger partial charge in [-0.05, 0) is 31.2 Å². The highest BCUT2D eigenvalue weighted by Crippen LogP contribution is 2.10. The molecule has 1 amide bonds. The van der Waals surface area contributed by atoms with Crippen molar-refractivity contribution in [3.63, 3.8) is 0 Å². The van der Waals surface area contributed by atoms with E-state index in [0.29, 0.717) is 17.1 Å². The fourth-order valence-electron chi connectivity index (χ4n) is 1.70. The van der Waals surface area contributed by atoms with Crippen LogP contribution in [0.5, 0.6) is 0 Å². The summed E-state index contributed by atoms with van der Waals surface area (Å²) in [4.78, 5) is 11.9. The largest absolute Gasteiger partial charge is 0.348 e. The minimum atomic E-state index is -0.116. The molecule has 0 radical (unpaired) electrons. The van der Waals surface area contributed by atoms with Gasteiger partial charge in [-0.25, -0.2) is 0 Å². The number of aryl methyl sites for hydroxylation is 2. The summed E-state index contributed by atoms with van der Waals surface area (Å²) >= 11 is 5.77. The van der Waals surface area contributed by atoms with E-state index in [-0.39, 0.29) is 5.91 Å². The summed E-state index contributed by atoms with van der Waals surface area (Å²) in [6.07, 6.45) is 1.90. The van der Waals surface area contributed by atoms with Crippen molar-refractivity contribution < 1.29 is 4.79 Å². The van der Waals surface area contributed by atoms with Crippen molar-refractivity contribution in [1.29, 1.82) is 0 Å². The molecule has 0 saturated carbocycles. The number of halogens is 1. The molecule has 0 aliphatic rings. The number of nitrogens with zero attached hydrogens (tertiary/aromatic N) is 2. The van der Waals surface area contributed by atoms with Gasteiger partial charge < -0.3 is 5.32 Å². The van der Waals surface area contributed by atoms with E-state index < -0.39 is 0 Å². The highest BCUT2D eigenvalue weighted by molar-refractivity contribution is 6.30. The molecule has 1 aromatic carbocycles. The lowest BCUT2D eigenvalue weighted by Crippen LogP contribution is -2.22. The second-order valence-corrected chi connectivity index (χ2v) is 4.54. The maximum atomic E-state index is 11.9. The molecule has 0 bridgehead atoms. The first-order chi connectivity index (χ1) is 8.56. The number of nitrogens with one attached hydrogen (secondary N) is 1. The van der Waals surface area contributed by atoms with Gasteiger partial charge in [-0.3, -0.25) is 9.48 Å². The van der Waals surface area contributed by atoms with Gasteiger partial charge in [0.2, 0.25) is 0 Å². The maximum Gasteiger partial charge on any atom is 0.251 e. The van der Waals surface area contributed by atoms with Crippen LogP contribution in [-0.4, -0.2) is 15.7 Å². The molecule has 18 heavy (non-hydrogen) atoms. The summed E-state index contributed by atoms with van der Waals surface area (Å²) < 4.78 is 1.74. The second kappa shape index (κ2) is 5.23. The number of carbonyl (C=O) groups excluding carboxylic acids is 1. The molecule has 0 unspecified atom stereocenters. The fourth-order valence-corrected chi connectivity index (χ4v) is 1.83. The summed E-state index contributed by atoms with van der Waals surface area (Å²) in [6.45, 7) is 2.39. The van der Waals surface area contributed by atoms with Crippen LogP contribution in [0.3, 0.4) is 0 Å². The first-order valence-electron chi connectivity index (χ1n) is 5.59. The molecule has 0 saturated heterocycles. The van der Waals surface area contributed by atoms with E-state index in [1.807, 2.05) is 20.2 Å². The summed E-state index contributed by atoms with van der Waals surface area (Å²) in [6, 6.07) is 6.80. The van der Waals surface area contributed by atoms with E-state index in [9.17, 15) is 4.79 Å². The minimum Gasteiger partial charge on any atom is -0.348 e. The van der Waals surface area contributed by atoms with Crippen LogP contribution in [0.1, 0.15) is 21.6 Å². The van der Waals surface area contributed by atoms with E-state index in [1.54, 1.807) is 28.9 Å². The molecule has 1 heterocycles. The lowest BCUT2D eigenvalue weighted by Gasteiger charge is -2.04. The lowest BCUT2D eigenvalue weighted by atomic mass is 10.2. The minimum absolute atomic E-state index is 0.116. The average molecular weight is 264 g/mol. The Balaban J connectivity index is 2.00. The van der Waals surface area contributed by atoms with Gasteiger partial charge in [-0.1, -0.05) is 11.6 Å². The Hall–Kier alpha value is -1.81. The average Bonchev–Trinajstić information content (AvgIpc) is 2.66. The standard InChI is InChI=1S/C13H14ClN3O/c1-9-11(8-17(2)16-9)7-15-13(18)10-3-5-12(14)6-4-10/h3-6,8H,7H2,1-2H3,(H,15,18). The van der Waals surface area contributed by atoms with Crippen molar-refractivity contribution >= 4 is 17.5 Å². The van der Waals surface area contributed by atoms with Crippen LogP contribution in [-0.2, 0) is 13.6 Å². The Morgan fingerprint density at radius 2 is 2.06 bits per heavy atom. The highest BCUT2D eigenvalue weighted by atomic mass is 35.5. The summed E-state index contributed by atoms with van der Waals surface area (Å²) in [5.41, 5.74) is 2.54. The molecule has 0 aliphatic carbocycles. The SMILES string of the molecule is Cc1nn(C)cc1CNC(=O)c1ccc(Cl)cc1. The van der Waals surface area contributed by atoms with Crippen molar-refractivity contribution in [2.45, 2.75) is 13.5 Å². The molecule has 2 aromatic rings. The van der Waals surface area contributed by atoms with E-state index >= 15 is 0 Å². The van der Waals surface area contributed by atoms with Crippen LogP contribution in [0.4, 0.5) is 0 Å². The quantitative estimate of drug-likeness (QED) is 0.924. The molecule has 0 fully saturated rings. The number of amides is 1. The Morgan fingerprint density at radius 1 is 1.39 bits per heavy atom. The number of hydrogen-bond donors (Lipinski definition) is 1. The van der Waals surface area contributed by atoms with E-state index in [4.69, 9.17) is 11.6 Å². The zero-order chi connectivity index (χ0) is 13.1. The first kappa shape index (κ1) is 12.6. The van der Waals surface area contributed by atoms with Crippen LogP contribution in [0.2, 0.25) is 5.02 Å². The van der Waals surface area contributed by atoms with Gasteiger partial charge in [0, 0.05) is 35.9 Å². The molecular formula is C13H14ClN3O. The van der Waals surface area contributed by atoms with Crippen molar-refractivity contribution in [3.05, 3.63) is 52.3 Å². The van der Waals surface area contributed by atoms with E-state index in [1.165, 1.54) is 0 Å². The topological polar surface area (TPSA) is 46.9 Å². The number of rotatable bonds is 3. The monoisotopic (exact) mass is 263 g/mol. The zero-order valence-corrected chi connectivity index (χ0v) is 11.0. The Labute approximate surface area is 111 Å². The number of hydrogen-bond acceptors (Lipinski definition) is 2. The van der Waals surface area contributed by atoms with Crippen LogP contribution < -0.4 is 5.32 Å². The summed E-state index contributed by atoms with van der Waals surface area (Å²) in [7, 11) is 1.86. The van der Waals surface area contributed by atoms with Crippen LogP contribution >= 0.6 is 11.6 Å². The van der Waals surface area contributed by atoms with Crippen molar-refractivity contribution in [1.82, 2.24) is 15.1 Å². The highest BCUT2D eigenvalue weighted by Gasteiger charge is 2.07. The molecule has 0 aliphatic heterocycles. The number of carbonyl (C=O) groups is 1. The van der Waals surface area contributed by atoms with Gasteiger partial charge in [-0.15, -0.1) is 0 Å². The molecule has 1 N–H and O–H groups in total. The van der Waals surface area contributed by atoms with Crippen molar-refractivity contribution in [3.8, 4) is 0 Å². The Kier molecular flexibility index (Phi) is 3.67. The molecule has 1 aromatic heterocycles. The molecule has 5 heteroatoms. The van der Waals surface area contributed by atoms with Gasteiger partial charge in [0.25, 0.3) is 5.91 Å². The van der Waals surface area contributed by atoms with Gasteiger partial charge in [0.05, 0.1) is 5.69 Å². The van der Waals surface area contributed by atoms with Gasteiger partial charge >= 0.3 is 0 Å². The summed E-state index contributed by atoms with van der Waals surface area (Å²) in [5.74, 6) is -0.116. The predicted molar refractivity (Wildman–Crippen MR) is 70.6 cm³/mol.